The van der Waals surface area contributed by atoms with Crippen molar-refractivity contribution >= 4 is 30.1 Å². The summed E-state index contributed by atoms with van der Waals surface area (Å²) in [7, 11) is 1.39. The van der Waals surface area contributed by atoms with Gasteiger partial charge in [-0.3, -0.25) is 10.1 Å². The van der Waals surface area contributed by atoms with Crippen LogP contribution in [0.2, 0.25) is 0 Å². The fourth-order valence-electron chi connectivity index (χ4n) is 1.11. The zero-order valence-electron chi connectivity index (χ0n) is 8.82. The van der Waals surface area contributed by atoms with E-state index in [1.165, 1.54) is 31.4 Å². The number of hydrogen-bond acceptors (Lipinski definition) is 4. The Kier molecular flexibility index (Phi) is 5.70. The molecule has 0 atom stereocenters. The maximum absolute atomic E-state index is 10.7. The van der Waals surface area contributed by atoms with E-state index in [9.17, 15) is 14.9 Å². The van der Waals surface area contributed by atoms with Gasteiger partial charge in [0.2, 0.25) is 0 Å². The summed E-state index contributed by atoms with van der Waals surface area (Å²) < 4.78 is 4.84. The number of carboxylic acid groups (broad SMARTS) is 1. The summed E-state index contributed by atoms with van der Waals surface area (Å²) in [6.07, 6.45) is 2.01. The Labute approximate surface area is 103 Å². The first-order valence-corrected chi connectivity index (χ1v) is 4.28. The molecular formula is C10H10ClNO5. The van der Waals surface area contributed by atoms with Crippen LogP contribution in [0.3, 0.4) is 0 Å². The fourth-order valence-corrected chi connectivity index (χ4v) is 1.11. The molecule has 1 aromatic carbocycles. The van der Waals surface area contributed by atoms with Gasteiger partial charge in [-0.25, -0.2) is 4.79 Å². The Morgan fingerprint density at radius 2 is 2.18 bits per heavy atom. The van der Waals surface area contributed by atoms with Gasteiger partial charge in [-0.05, 0) is 18.2 Å². The van der Waals surface area contributed by atoms with E-state index < -0.39 is 10.9 Å². The number of nitrogens with zero attached hydrogens (tertiary/aromatic N) is 1. The van der Waals surface area contributed by atoms with E-state index in [0.717, 1.165) is 6.08 Å². The number of halogens is 1. The number of rotatable bonds is 4. The highest BCUT2D eigenvalue weighted by Gasteiger charge is 2.12. The predicted molar refractivity (Wildman–Crippen MR) is 63.6 cm³/mol. The molecule has 0 aromatic heterocycles. The van der Waals surface area contributed by atoms with Crippen molar-refractivity contribution in [3.63, 3.8) is 0 Å². The van der Waals surface area contributed by atoms with Gasteiger partial charge in [0.25, 0.3) is 5.69 Å². The van der Waals surface area contributed by atoms with Gasteiger partial charge in [-0.2, -0.15) is 0 Å². The lowest BCUT2D eigenvalue weighted by atomic mass is 10.1. The molecule has 0 heterocycles. The number of aliphatic carboxylic acids is 1. The maximum atomic E-state index is 10.7. The number of nitro benzene ring substituents is 1. The first kappa shape index (κ1) is 14.9. The van der Waals surface area contributed by atoms with E-state index in [2.05, 4.69) is 0 Å². The quantitative estimate of drug-likeness (QED) is 0.508. The topological polar surface area (TPSA) is 89.7 Å². The minimum absolute atomic E-state index is 0. The number of carbonyl (C=O) groups is 1. The van der Waals surface area contributed by atoms with Crippen LogP contribution in [0.15, 0.2) is 24.3 Å². The lowest BCUT2D eigenvalue weighted by molar-refractivity contribution is -0.385. The number of methoxy groups -OCH3 is 1. The van der Waals surface area contributed by atoms with Gasteiger partial charge in [0.05, 0.1) is 23.7 Å². The Hall–Kier alpha value is -2.08. The summed E-state index contributed by atoms with van der Waals surface area (Å²) in [6.45, 7) is 0. The van der Waals surface area contributed by atoms with Crippen LogP contribution in [0.1, 0.15) is 5.56 Å². The highest BCUT2D eigenvalue weighted by molar-refractivity contribution is 5.86. The Morgan fingerprint density at radius 3 is 2.65 bits per heavy atom. The Morgan fingerprint density at radius 1 is 1.53 bits per heavy atom. The highest BCUT2D eigenvalue weighted by Crippen LogP contribution is 2.25. The van der Waals surface area contributed by atoms with Gasteiger partial charge < -0.3 is 9.84 Å². The Balaban J connectivity index is 0.00000256. The molecule has 1 aromatic rings. The van der Waals surface area contributed by atoms with Crippen LogP contribution in [0.5, 0.6) is 5.75 Å². The van der Waals surface area contributed by atoms with Crippen molar-refractivity contribution in [2.45, 2.75) is 0 Å². The van der Waals surface area contributed by atoms with Crippen LogP contribution in [-0.2, 0) is 4.79 Å². The second kappa shape index (κ2) is 6.49. The number of ether oxygens (including phenoxy) is 1. The number of nitro groups is 1. The molecule has 0 aliphatic carbocycles. The van der Waals surface area contributed by atoms with Crippen LogP contribution >= 0.6 is 12.4 Å². The molecule has 0 saturated carbocycles. The number of benzene rings is 1. The van der Waals surface area contributed by atoms with Crippen LogP contribution < -0.4 is 4.74 Å². The molecule has 0 saturated heterocycles. The molecule has 0 fully saturated rings. The highest BCUT2D eigenvalue weighted by atomic mass is 35.5. The molecule has 6 nitrogen and oxygen atoms in total. The summed E-state index contributed by atoms with van der Waals surface area (Å²) >= 11 is 0. The standard InChI is InChI=1S/C10H9NO5.ClH/c1-16-8-4-2-7(3-5-10(12)13)9(6-8)11(14)15;/h2-6H,1H3,(H,12,13);1H. The summed E-state index contributed by atoms with van der Waals surface area (Å²) in [4.78, 5) is 20.4. The van der Waals surface area contributed by atoms with E-state index in [1.54, 1.807) is 0 Å². The van der Waals surface area contributed by atoms with Crippen molar-refractivity contribution in [2.75, 3.05) is 7.11 Å². The van der Waals surface area contributed by atoms with E-state index in [0.29, 0.717) is 5.75 Å². The molecule has 92 valence electrons. The first-order valence-electron chi connectivity index (χ1n) is 4.28. The first-order chi connectivity index (χ1) is 7.54. The van der Waals surface area contributed by atoms with E-state index in [4.69, 9.17) is 9.84 Å². The van der Waals surface area contributed by atoms with Crippen molar-refractivity contribution in [3.8, 4) is 5.75 Å². The molecule has 7 heteroatoms. The van der Waals surface area contributed by atoms with E-state index in [-0.39, 0.29) is 23.7 Å². The van der Waals surface area contributed by atoms with E-state index >= 15 is 0 Å². The molecule has 17 heavy (non-hydrogen) atoms. The zero-order valence-corrected chi connectivity index (χ0v) is 9.64. The Bertz CT molecular complexity index is 458. The summed E-state index contributed by atoms with van der Waals surface area (Å²) in [5.74, 6) is -0.815. The lowest BCUT2D eigenvalue weighted by Gasteiger charge is -2.01. The van der Waals surface area contributed by atoms with Crippen LogP contribution in [-0.4, -0.2) is 23.1 Å². The number of hydrogen-bond donors (Lipinski definition) is 1. The minimum atomic E-state index is -1.16. The van der Waals surface area contributed by atoms with Gasteiger partial charge in [0, 0.05) is 6.08 Å². The maximum Gasteiger partial charge on any atom is 0.328 e. The molecule has 0 aliphatic heterocycles. The molecular weight excluding hydrogens is 250 g/mol. The van der Waals surface area contributed by atoms with Gasteiger partial charge in [-0.15, -0.1) is 12.4 Å². The third-order valence-corrected chi connectivity index (χ3v) is 1.84. The molecule has 0 unspecified atom stereocenters. The smallest absolute Gasteiger partial charge is 0.328 e. The molecule has 1 N–H and O–H groups in total. The molecule has 0 amide bonds. The van der Waals surface area contributed by atoms with Crippen LogP contribution in [0, 0.1) is 10.1 Å². The molecule has 0 bridgehead atoms. The fraction of sp³-hybridized carbons (Fsp3) is 0.100. The van der Waals surface area contributed by atoms with Gasteiger partial charge in [0.15, 0.2) is 0 Å². The lowest BCUT2D eigenvalue weighted by Crippen LogP contribution is -1.94. The SMILES string of the molecule is COc1ccc(C=CC(=O)O)c([N+](=O)[O-])c1.Cl. The van der Waals surface area contributed by atoms with Crippen molar-refractivity contribution in [1.82, 2.24) is 0 Å². The molecule has 0 aliphatic rings. The zero-order chi connectivity index (χ0) is 12.1. The average Bonchev–Trinajstić information content (AvgIpc) is 2.25. The third-order valence-electron chi connectivity index (χ3n) is 1.84. The molecule has 0 radical (unpaired) electrons. The molecule has 1 rings (SSSR count). The van der Waals surface area contributed by atoms with Gasteiger partial charge in [-0.1, -0.05) is 0 Å². The largest absolute Gasteiger partial charge is 0.497 e. The van der Waals surface area contributed by atoms with Crippen LogP contribution in [0.25, 0.3) is 6.08 Å². The summed E-state index contributed by atoms with van der Waals surface area (Å²) in [5.41, 5.74) is 0.0186. The minimum Gasteiger partial charge on any atom is -0.497 e. The number of carboxylic acids is 1. The van der Waals surface area contributed by atoms with Crippen molar-refractivity contribution in [2.24, 2.45) is 0 Å². The van der Waals surface area contributed by atoms with Crippen molar-refractivity contribution in [1.29, 1.82) is 0 Å². The van der Waals surface area contributed by atoms with Gasteiger partial charge in [0.1, 0.15) is 5.75 Å². The summed E-state index contributed by atoms with van der Waals surface area (Å²) in [6, 6.07) is 4.19. The third kappa shape index (κ3) is 4.12. The van der Waals surface area contributed by atoms with Crippen LogP contribution in [0.4, 0.5) is 5.69 Å². The summed E-state index contributed by atoms with van der Waals surface area (Å²) in [5, 5.41) is 19.1. The molecule has 0 spiro atoms. The predicted octanol–water partition coefficient (Wildman–Crippen LogP) is 2.12. The van der Waals surface area contributed by atoms with Crippen molar-refractivity contribution < 1.29 is 19.6 Å². The van der Waals surface area contributed by atoms with Gasteiger partial charge >= 0.3 is 5.97 Å². The van der Waals surface area contributed by atoms with E-state index in [1.807, 2.05) is 0 Å². The average molecular weight is 260 g/mol. The monoisotopic (exact) mass is 259 g/mol. The second-order valence-corrected chi connectivity index (χ2v) is 2.85. The second-order valence-electron chi connectivity index (χ2n) is 2.85. The normalized spacial score (nSPS) is 9.71. The van der Waals surface area contributed by atoms with Crippen molar-refractivity contribution in [3.05, 3.63) is 40.0 Å².